The lowest BCUT2D eigenvalue weighted by atomic mass is 10.2. The molecule has 1 aliphatic rings. The number of hydrogen-bond donors (Lipinski definition) is 2. The number of urea groups is 1. The van der Waals surface area contributed by atoms with E-state index in [1.165, 1.54) is 6.07 Å². The minimum Gasteiger partial charge on any atom is -0.301 e. The number of aromatic nitrogens is 1. The lowest BCUT2D eigenvalue weighted by Gasteiger charge is -2.36. The summed E-state index contributed by atoms with van der Waals surface area (Å²) in [7, 11) is -3.46. The maximum absolute atomic E-state index is 13.0. The van der Waals surface area contributed by atoms with Crippen LogP contribution in [0, 0.1) is 0 Å². The Morgan fingerprint density at radius 2 is 1.84 bits per heavy atom. The number of sulfone groups is 1. The lowest BCUT2D eigenvalue weighted by Crippen LogP contribution is -2.49. The van der Waals surface area contributed by atoms with Gasteiger partial charge in [0, 0.05) is 32.2 Å². The number of amides is 3. The van der Waals surface area contributed by atoms with E-state index < -0.39 is 21.8 Å². The lowest BCUT2D eigenvalue weighted by molar-refractivity contribution is 0.0967. The molecule has 1 aromatic heterocycles. The molecule has 1 aliphatic heterocycles. The Morgan fingerprint density at radius 1 is 1.11 bits per heavy atom. The topological polar surface area (TPSA) is 112 Å². The molecule has 2 heterocycles. The van der Waals surface area contributed by atoms with Crippen LogP contribution >= 0.6 is 22.9 Å². The highest BCUT2D eigenvalue weighted by molar-refractivity contribution is 7.91. The normalized spacial score (nSPS) is 15.2. The molecule has 1 fully saturated rings. The van der Waals surface area contributed by atoms with Gasteiger partial charge in [0.15, 0.2) is 15.0 Å². The molecule has 0 saturated carbocycles. The zero-order chi connectivity index (χ0) is 26.6. The number of imide groups is 1. The second-order valence-electron chi connectivity index (χ2n) is 9.18. The number of hydrogen-bond acceptors (Lipinski definition) is 8. The molecule has 0 aliphatic carbocycles. The summed E-state index contributed by atoms with van der Waals surface area (Å²) < 4.78 is 26.5. The first-order chi connectivity index (χ1) is 17.6. The van der Waals surface area contributed by atoms with Gasteiger partial charge in [-0.05, 0) is 57.1 Å². The van der Waals surface area contributed by atoms with Crippen molar-refractivity contribution in [1.82, 2.24) is 20.1 Å². The van der Waals surface area contributed by atoms with Crippen molar-refractivity contribution in [3.63, 3.8) is 0 Å². The summed E-state index contributed by atoms with van der Waals surface area (Å²) in [6.45, 7) is 9.07. The van der Waals surface area contributed by atoms with Crippen molar-refractivity contribution < 1.29 is 18.0 Å². The SMILES string of the molecule is CC(C)N1CCN(CCCS(=O)(=O)c2ccc3nc(NC(=O)NC(=O)c4ccccc4Cl)sc3c2)CC1. The summed E-state index contributed by atoms with van der Waals surface area (Å²) >= 11 is 7.13. The van der Waals surface area contributed by atoms with Gasteiger partial charge in [-0.15, -0.1) is 0 Å². The Kier molecular flexibility index (Phi) is 8.81. The molecule has 1 saturated heterocycles. The first-order valence-electron chi connectivity index (χ1n) is 12.1. The van der Waals surface area contributed by atoms with E-state index in [4.69, 9.17) is 11.6 Å². The van der Waals surface area contributed by atoms with Crippen molar-refractivity contribution in [2.45, 2.75) is 31.2 Å². The van der Waals surface area contributed by atoms with Gasteiger partial charge < -0.3 is 4.90 Å². The predicted molar refractivity (Wildman–Crippen MR) is 147 cm³/mol. The molecule has 2 N–H and O–H groups in total. The van der Waals surface area contributed by atoms with Crippen LogP contribution in [0.15, 0.2) is 47.4 Å². The Balaban J connectivity index is 1.33. The summed E-state index contributed by atoms with van der Waals surface area (Å²) in [6.07, 6.45) is 0.567. The maximum atomic E-state index is 13.0. The highest BCUT2D eigenvalue weighted by Crippen LogP contribution is 2.29. The molecule has 4 rings (SSSR count). The number of nitrogens with zero attached hydrogens (tertiary/aromatic N) is 3. The van der Waals surface area contributed by atoms with Crippen LogP contribution in [-0.2, 0) is 9.84 Å². The second-order valence-corrected chi connectivity index (χ2v) is 12.7. The van der Waals surface area contributed by atoms with Crippen molar-refractivity contribution in [1.29, 1.82) is 0 Å². The third-order valence-corrected chi connectivity index (χ3v) is 9.37. The van der Waals surface area contributed by atoms with Gasteiger partial charge in [0.2, 0.25) is 0 Å². The molecule has 2 aromatic carbocycles. The molecule has 37 heavy (non-hydrogen) atoms. The molecule has 3 aromatic rings. The predicted octanol–water partition coefficient (Wildman–Crippen LogP) is 4.10. The van der Waals surface area contributed by atoms with Crippen LogP contribution in [0.5, 0.6) is 0 Å². The molecule has 0 radical (unpaired) electrons. The van der Waals surface area contributed by atoms with Crippen LogP contribution < -0.4 is 10.6 Å². The van der Waals surface area contributed by atoms with E-state index in [0.717, 1.165) is 44.1 Å². The van der Waals surface area contributed by atoms with Crippen molar-refractivity contribution >= 4 is 60.1 Å². The molecular formula is C25H30ClN5O4S2. The quantitative estimate of drug-likeness (QED) is 0.424. The Morgan fingerprint density at radius 3 is 2.54 bits per heavy atom. The molecule has 3 amide bonds. The van der Waals surface area contributed by atoms with E-state index >= 15 is 0 Å². The Hall–Kier alpha value is -2.57. The van der Waals surface area contributed by atoms with Crippen LogP contribution in [0.3, 0.4) is 0 Å². The van der Waals surface area contributed by atoms with E-state index in [1.54, 1.807) is 36.4 Å². The Labute approximate surface area is 225 Å². The average Bonchev–Trinajstić information content (AvgIpc) is 3.25. The minimum atomic E-state index is -3.46. The Bertz CT molecular complexity index is 1380. The van der Waals surface area contributed by atoms with Gasteiger partial charge in [0.1, 0.15) is 0 Å². The number of halogens is 1. The molecule has 12 heteroatoms. The van der Waals surface area contributed by atoms with Crippen molar-refractivity contribution in [3.05, 3.63) is 53.1 Å². The van der Waals surface area contributed by atoms with Gasteiger partial charge in [-0.1, -0.05) is 35.1 Å². The minimum absolute atomic E-state index is 0.0688. The van der Waals surface area contributed by atoms with Crippen LogP contribution in [0.2, 0.25) is 5.02 Å². The summed E-state index contributed by atoms with van der Waals surface area (Å²) in [5.74, 6) is -0.571. The third-order valence-electron chi connectivity index (χ3n) is 6.31. The van der Waals surface area contributed by atoms with Crippen LogP contribution in [-0.4, -0.2) is 79.7 Å². The van der Waals surface area contributed by atoms with Gasteiger partial charge in [-0.2, -0.15) is 0 Å². The zero-order valence-corrected chi connectivity index (χ0v) is 23.1. The molecule has 0 atom stereocenters. The standard InChI is InChI=1S/C25H30ClN5O4S2/c1-17(2)31-13-11-30(12-14-31)10-5-15-37(34,35)18-8-9-21-22(16-18)36-25(27-21)29-24(33)28-23(32)19-6-3-4-7-20(19)26/h3-4,6-9,16-17H,5,10-15H2,1-2H3,(H2,27,28,29,32,33). The molecule has 198 valence electrons. The number of carbonyl (C=O) groups excluding carboxylic acids is 2. The van der Waals surface area contributed by atoms with Gasteiger partial charge in [-0.25, -0.2) is 18.2 Å². The number of piperazine rings is 1. The number of anilines is 1. The summed E-state index contributed by atoms with van der Waals surface area (Å²) in [5, 5.41) is 5.22. The number of thiazole rings is 1. The maximum Gasteiger partial charge on any atom is 0.327 e. The van der Waals surface area contributed by atoms with Crippen LogP contribution in [0.4, 0.5) is 9.93 Å². The van der Waals surface area contributed by atoms with E-state index in [-0.39, 0.29) is 26.4 Å². The van der Waals surface area contributed by atoms with E-state index in [0.29, 0.717) is 22.7 Å². The fourth-order valence-electron chi connectivity index (χ4n) is 4.20. The van der Waals surface area contributed by atoms with Crippen molar-refractivity contribution in [2.75, 3.05) is 43.8 Å². The molecule has 0 spiro atoms. The van der Waals surface area contributed by atoms with Crippen molar-refractivity contribution in [2.24, 2.45) is 0 Å². The van der Waals surface area contributed by atoms with Crippen molar-refractivity contribution in [3.8, 4) is 0 Å². The first kappa shape index (κ1) is 27.5. The molecule has 0 bridgehead atoms. The zero-order valence-electron chi connectivity index (χ0n) is 20.7. The van der Waals surface area contributed by atoms with Gasteiger partial charge in [0.05, 0.1) is 31.5 Å². The smallest absolute Gasteiger partial charge is 0.301 e. The highest BCUT2D eigenvalue weighted by atomic mass is 35.5. The highest BCUT2D eigenvalue weighted by Gasteiger charge is 2.21. The van der Waals surface area contributed by atoms with Gasteiger partial charge in [0.25, 0.3) is 5.91 Å². The first-order valence-corrected chi connectivity index (χ1v) is 14.9. The summed E-state index contributed by atoms with van der Waals surface area (Å²) in [6, 6.07) is 10.9. The van der Waals surface area contributed by atoms with E-state index in [2.05, 4.69) is 39.3 Å². The number of nitrogens with one attached hydrogen (secondary N) is 2. The fraction of sp³-hybridized carbons (Fsp3) is 0.400. The average molecular weight is 564 g/mol. The number of benzene rings is 2. The number of rotatable bonds is 8. The van der Waals surface area contributed by atoms with Gasteiger partial charge >= 0.3 is 6.03 Å². The molecule has 0 unspecified atom stereocenters. The molecular weight excluding hydrogens is 534 g/mol. The molecule has 9 nitrogen and oxygen atoms in total. The number of carbonyl (C=O) groups is 2. The number of fused-ring (bicyclic) bond motifs is 1. The summed E-state index contributed by atoms with van der Waals surface area (Å²) in [4.78, 5) is 33.9. The second kappa shape index (κ2) is 11.9. The van der Waals surface area contributed by atoms with E-state index in [1.807, 2.05) is 0 Å². The van der Waals surface area contributed by atoms with Crippen LogP contribution in [0.1, 0.15) is 30.6 Å². The largest absolute Gasteiger partial charge is 0.327 e. The van der Waals surface area contributed by atoms with Crippen LogP contribution in [0.25, 0.3) is 10.2 Å². The summed E-state index contributed by atoms with van der Waals surface area (Å²) in [5.41, 5.74) is 0.732. The van der Waals surface area contributed by atoms with Gasteiger partial charge in [-0.3, -0.25) is 20.3 Å². The van der Waals surface area contributed by atoms with E-state index in [9.17, 15) is 18.0 Å². The monoisotopic (exact) mass is 563 g/mol. The fourth-order valence-corrected chi connectivity index (χ4v) is 6.71. The third kappa shape index (κ3) is 7.05.